The molecule has 2 nitrogen and oxygen atoms in total. The predicted molar refractivity (Wildman–Crippen MR) is 111 cm³/mol. The third-order valence-electron chi connectivity index (χ3n) is 5.00. The molecule has 3 heteroatoms. The molecule has 0 bridgehead atoms. The molecule has 0 fully saturated rings. The Kier molecular flexibility index (Phi) is 6.19. The summed E-state index contributed by atoms with van der Waals surface area (Å²) in [5.41, 5.74) is 3.22. The van der Waals surface area contributed by atoms with Crippen molar-refractivity contribution in [1.29, 1.82) is 0 Å². The highest BCUT2D eigenvalue weighted by Crippen LogP contribution is 2.37. The molecule has 2 rings (SSSR count). The molecular weight excluding hydrogens is 339 g/mol. The lowest BCUT2D eigenvalue weighted by Gasteiger charge is -2.21. The van der Waals surface area contributed by atoms with E-state index < -0.39 is 7.80 Å². The fourth-order valence-electron chi connectivity index (χ4n) is 2.90. The first-order chi connectivity index (χ1) is 12.0. The van der Waals surface area contributed by atoms with Gasteiger partial charge in [-0.3, -0.25) is 4.79 Å². The zero-order chi connectivity index (χ0) is 19.6. The molecule has 138 valence electrons. The molecule has 0 saturated heterocycles. The minimum Gasteiger partial charge on any atom is -0.288 e. The van der Waals surface area contributed by atoms with Gasteiger partial charge in [0.25, 0.3) is 0 Å². The summed E-state index contributed by atoms with van der Waals surface area (Å²) in [6.07, 6.45) is 0. The Morgan fingerprint density at radius 2 is 1.58 bits per heavy atom. The van der Waals surface area contributed by atoms with Crippen molar-refractivity contribution in [2.45, 2.75) is 59.5 Å². The minimum absolute atomic E-state index is 0.0199. The molecule has 0 aliphatic carbocycles. The second-order valence-electron chi connectivity index (χ2n) is 8.44. The van der Waals surface area contributed by atoms with Crippen LogP contribution >= 0.6 is 7.80 Å². The molecule has 0 spiro atoms. The van der Waals surface area contributed by atoms with Crippen LogP contribution in [0.15, 0.2) is 42.5 Å². The zero-order valence-electron chi connectivity index (χ0n) is 17.0. The van der Waals surface area contributed by atoms with Gasteiger partial charge in [-0.1, -0.05) is 75.6 Å². The average molecular weight is 369 g/mol. The number of benzene rings is 2. The van der Waals surface area contributed by atoms with Crippen LogP contribution in [-0.2, 0) is 9.98 Å². The van der Waals surface area contributed by atoms with E-state index in [0.29, 0.717) is 17.0 Å². The molecule has 0 radical (unpaired) electrons. The highest BCUT2D eigenvalue weighted by Gasteiger charge is 2.37. The quantitative estimate of drug-likeness (QED) is 0.477. The maximum Gasteiger partial charge on any atom is 0.381 e. The average Bonchev–Trinajstić information content (AvgIpc) is 2.59. The van der Waals surface area contributed by atoms with E-state index in [2.05, 4.69) is 40.7 Å². The molecule has 0 saturated carbocycles. The summed E-state index contributed by atoms with van der Waals surface area (Å²) in [4.78, 5) is 13.3. The molecule has 0 aliphatic heterocycles. The molecule has 0 aromatic heterocycles. The molecule has 2 unspecified atom stereocenters. The van der Waals surface area contributed by atoms with Crippen LogP contribution < -0.4 is 5.30 Å². The molecule has 2 aromatic carbocycles. The summed E-state index contributed by atoms with van der Waals surface area (Å²) in [5, 5.41) is 0.725. The number of hydrogen-bond donors (Lipinski definition) is 0. The highest BCUT2D eigenvalue weighted by molar-refractivity contribution is 7.54. The van der Waals surface area contributed by atoms with Crippen LogP contribution in [0.4, 0.5) is 0 Å². The first kappa shape index (κ1) is 20.5. The van der Waals surface area contributed by atoms with Crippen LogP contribution in [0.2, 0.25) is 0 Å². The number of carbonyl (C=O) groups excluding carboxylic acids is 1. The lowest BCUT2D eigenvalue weighted by Crippen LogP contribution is -2.24. The Hall–Kier alpha value is -1.79. The predicted octanol–water partition coefficient (Wildman–Crippen LogP) is 6.02. The van der Waals surface area contributed by atoms with Crippen molar-refractivity contribution in [3.63, 3.8) is 0 Å². The smallest absolute Gasteiger partial charge is 0.288 e. The molecule has 2 atom stereocenters. The van der Waals surface area contributed by atoms with E-state index in [4.69, 9.17) is 0 Å². The number of hydrogen-bond acceptors (Lipinski definition) is 2. The fourth-order valence-corrected chi connectivity index (χ4v) is 4.66. The molecule has 0 heterocycles. The first-order valence-electron chi connectivity index (χ1n) is 9.25. The van der Waals surface area contributed by atoms with Crippen LogP contribution in [-0.4, -0.2) is 11.4 Å². The molecular formula is C23H30O2P+. The van der Waals surface area contributed by atoms with Gasteiger partial charge in [0.05, 0.1) is 5.56 Å². The SMILES string of the molecule is Cc1cc(C(C)(C)C)cc(C(=O)c2ccccc2)c1[P+](=O)C(C)C(C)C. The third kappa shape index (κ3) is 4.30. The van der Waals surface area contributed by atoms with E-state index >= 15 is 0 Å². The van der Waals surface area contributed by atoms with Crippen LogP contribution in [0.25, 0.3) is 0 Å². The molecule has 0 aliphatic rings. The van der Waals surface area contributed by atoms with E-state index in [1.807, 2.05) is 50.2 Å². The molecule has 2 aromatic rings. The highest BCUT2D eigenvalue weighted by atomic mass is 31.1. The lowest BCUT2D eigenvalue weighted by molar-refractivity contribution is 0.103. The maximum atomic E-state index is 13.3. The van der Waals surface area contributed by atoms with Crippen LogP contribution in [0.1, 0.15) is 68.6 Å². The van der Waals surface area contributed by atoms with Gasteiger partial charge in [-0.05, 0) is 30.9 Å². The second-order valence-corrected chi connectivity index (χ2v) is 10.4. The summed E-state index contributed by atoms with van der Waals surface area (Å²) >= 11 is 0. The van der Waals surface area contributed by atoms with Gasteiger partial charge in [0, 0.05) is 17.0 Å². The second kappa shape index (κ2) is 7.84. The van der Waals surface area contributed by atoms with Gasteiger partial charge in [0.2, 0.25) is 5.30 Å². The number of carbonyl (C=O) groups is 1. The summed E-state index contributed by atoms with van der Waals surface area (Å²) < 4.78 is 13.3. The van der Waals surface area contributed by atoms with Crippen molar-refractivity contribution in [2.24, 2.45) is 5.92 Å². The van der Waals surface area contributed by atoms with E-state index in [1.54, 1.807) is 0 Å². The number of aryl methyl sites for hydroxylation is 1. The summed E-state index contributed by atoms with van der Waals surface area (Å²) in [7, 11) is -1.66. The summed E-state index contributed by atoms with van der Waals surface area (Å²) in [6, 6.07) is 13.3. The minimum atomic E-state index is -1.66. The van der Waals surface area contributed by atoms with E-state index in [-0.39, 0.29) is 16.9 Å². The fraction of sp³-hybridized carbons (Fsp3) is 0.435. The van der Waals surface area contributed by atoms with Crippen LogP contribution in [0.3, 0.4) is 0 Å². The van der Waals surface area contributed by atoms with E-state index in [0.717, 1.165) is 16.4 Å². The summed E-state index contributed by atoms with van der Waals surface area (Å²) in [5.74, 6) is 0.245. The maximum absolute atomic E-state index is 13.3. The largest absolute Gasteiger partial charge is 0.381 e. The van der Waals surface area contributed by atoms with Crippen LogP contribution in [0, 0.1) is 12.8 Å². The molecule has 0 N–H and O–H groups in total. The summed E-state index contributed by atoms with van der Waals surface area (Å²) in [6.45, 7) is 14.5. The Morgan fingerprint density at radius 3 is 2.08 bits per heavy atom. The van der Waals surface area contributed by atoms with E-state index in [1.165, 1.54) is 0 Å². The standard InChI is InChI=1S/C23H30O2P/c1-15(2)17(4)26(25)22-16(3)13-19(23(5,6)7)14-20(22)21(24)18-11-9-8-10-12-18/h8-15,17H,1-7H3/q+1. The Morgan fingerprint density at radius 1 is 1.00 bits per heavy atom. The molecule has 0 amide bonds. The lowest BCUT2D eigenvalue weighted by atomic mass is 9.84. The van der Waals surface area contributed by atoms with Crippen LogP contribution in [0.5, 0.6) is 0 Å². The van der Waals surface area contributed by atoms with Gasteiger partial charge in [-0.15, -0.1) is 0 Å². The van der Waals surface area contributed by atoms with Gasteiger partial charge in [0.1, 0.15) is 0 Å². The zero-order valence-corrected chi connectivity index (χ0v) is 17.9. The van der Waals surface area contributed by atoms with Crippen molar-refractivity contribution in [1.82, 2.24) is 0 Å². The van der Waals surface area contributed by atoms with Gasteiger partial charge in [0.15, 0.2) is 11.4 Å². The van der Waals surface area contributed by atoms with Gasteiger partial charge >= 0.3 is 7.80 Å². The monoisotopic (exact) mass is 369 g/mol. The Balaban J connectivity index is 2.71. The number of rotatable bonds is 5. The van der Waals surface area contributed by atoms with Crippen molar-refractivity contribution in [3.8, 4) is 0 Å². The normalized spacial score (nSPS) is 13.6. The third-order valence-corrected chi connectivity index (χ3v) is 7.37. The van der Waals surface area contributed by atoms with Crippen molar-refractivity contribution in [3.05, 3.63) is 64.7 Å². The van der Waals surface area contributed by atoms with Crippen molar-refractivity contribution < 1.29 is 9.36 Å². The molecule has 26 heavy (non-hydrogen) atoms. The Bertz CT molecular complexity index is 814. The van der Waals surface area contributed by atoms with Crippen molar-refractivity contribution in [2.75, 3.05) is 0 Å². The van der Waals surface area contributed by atoms with E-state index in [9.17, 15) is 9.36 Å². The van der Waals surface area contributed by atoms with Gasteiger partial charge in [-0.2, -0.15) is 0 Å². The topological polar surface area (TPSA) is 34.1 Å². The van der Waals surface area contributed by atoms with Crippen molar-refractivity contribution >= 4 is 18.9 Å². The van der Waals surface area contributed by atoms with Gasteiger partial charge in [-0.25, -0.2) is 0 Å². The first-order valence-corrected chi connectivity index (χ1v) is 10.6. The number of ketones is 1. The van der Waals surface area contributed by atoms with Gasteiger partial charge < -0.3 is 0 Å². The Labute approximate surface area is 158 Å².